The fourth-order valence-corrected chi connectivity index (χ4v) is 4.07. The van der Waals surface area contributed by atoms with E-state index >= 15 is 0 Å². The van der Waals surface area contributed by atoms with Crippen molar-refractivity contribution in [1.82, 2.24) is 5.01 Å². The van der Waals surface area contributed by atoms with Gasteiger partial charge >= 0.3 is 5.97 Å². The van der Waals surface area contributed by atoms with Crippen LogP contribution in [0.4, 0.5) is 5.69 Å². The molecule has 4 rings (SSSR count). The topological polar surface area (TPSA) is 91.2 Å². The maximum absolute atomic E-state index is 12.7. The summed E-state index contributed by atoms with van der Waals surface area (Å²) >= 11 is 0. The quantitative estimate of drug-likeness (QED) is 0.699. The summed E-state index contributed by atoms with van der Waals surface area (Å²) in [4.78, 5) is 23.7. The number of anilines is 1. The number of carbonyl (C=O) groups is 2. The van der Waals surface area contributed by atoms with Gasteiger partial charge in [-0.3, -0.25) is 14.6 Å². The van der Waals surface area contributed by atoms with E-state index < -0.39 is 5.97 Å². The minimum Gasteiger partial charge on any atom is -0.481 e. The number of aliphatic carboxylic acids is 1. The first-order valence-electron chi connectivity index (χ1n) is 10.7. The van der Waals surface area contributed by atoms with Crippen LogP contribution in [0.2, 0.25) is 0 Å². The molecule has 1 fully saturated rings. The van der Waals surface area contributed by atoms with E-state index in [0.717, 1.165) is 54.7 Å². The van der Waals surface area contributed by atoms with Gasteiger partial charge in [-0.2, -0.15) is 5.10 Å². The lowest BCUT2D eigenvalue weighted by Crippen LogP contribution is -2.32. The molecule has 1 aliphatic carbocycles. The van der Waals surface area contributed by atoms with Gasteiger partial charge in [0.15, 0.2) is 0 Å². The molecule has 0 radical (unpaired) electrons. The number of hydrogen-bond acceptors (Lipinski definition) is 5. The number of nitrogens with zero attached hydrogens (tertiary/aromatic N) is 2. The van der Waals surface area contributed by atoms with E-state index in [2.05, 4.69) is 10.4 Å². The Labute approximate surface area is 181 Å². The number of benzene rings is 2. The first kappa shape index (κ1) is 21.1. The number of amides is 1. The second-order valence-corrected chi connectivity index (χ2v) is 8.08. The molecular weight excluding hydrogens is 394 g/mol. The van der Waals surface area contributed by atoms with Gasteiger partial charge in [0, 0.05) is 17.7 Å². The second-order valence-electron chi connectivity index (χ2n) is 8.08. The Kier molecular flexibility index (Phi) is 6.62. The van der Waals surface area contributed by atoms with Gasteiger partial charge in [0.1, 0.15) is 0 Å². The highest BCUT2D eigenvalue weighted by atomic mass is 16.5. The number of rotatable bonds is 6. The highest BCUT2D eigenvalue weighted by molar-refractivity contribution is 6.04. The Balaban J connectivity index is 1.35. The zero-order valence-corrected chi connectivity index (χ0v) is 17.4. The predicted octanol–water partition coefficient (Wildman–Crippen LogP) is 3.18. The summed E-state index contributed by atoms with van der Waals surface area (Å²) in [7, 11) is 0. The van der Waals surface area contributed by atoms with E-state index in [1.165, 1.54) is 0 Å². The largest absolute Gasteiger partial charge is 0.481 e. The van der Waals surface area contributed by atoms with Crippen molar-refractivity contribution in [3.8, 4) is 0 Å². The Morgan fingerprint density at radius 2 is 1.90 bits per heavy atom. The number of morpholine rings is 1. The van der Waals surface area contributed by atoms with Gasteiger partial charge < -0.3 is 15.2 Å². The SMILES string of the molecule is O=C(O)CC1CCc2cc(C(=O)Nc3ccc(C=NN4CCOCC4)cc3)ccc2C1. The van der Waals surface area contributed by atoms with E-state index in [-0.39, 0.29) is 18.2 Å². The highest BCUT2D eigenvalue weighted by Gasteiger charge is 2.22. The third kappa shape index (κ3) is 5.70. The lowest BCUT2D eigenvalue weighted by Gasteiger charge is -2.23. The van der Waals surface area contributed by atoms with Crippen molar-refractivity contribution in [1.29, 1.82) is 0 Å². The van der Waals surface area contributed by atoms with Crippen LogP contribution in [0, 0.1) is 5.92 Å². The van der Waals surface area contributed by atoms with Gasteiger partial charge in [-0.1, -0.05) is 18.2 Å². The van der Waals surface area contributed by atoms with Crippen LogP contribution in [0.5, 0.6) is 0 Å². The lowest BCUT2D eigenvalue weighted by atomic mass is 9.81. The molecule has 1 saturated heterocycles. The molecule has 7 heteroatoms. The zero-order valence-electron chi connectivity index (χ0n) is 17.4. The third-order valence-corrected chi connectivity index (χ3v) is 5.79. The normalized spacial score (nSPS) is 18.6. The van der Waals surface area contributed by atoms with Crippen LogP contribution in [0.25, 0.3) is 0 Å². The van der Waals surface area contributed by atoms with Gasteiger partial charge in [-0.25, -0.2) is 0 Å². The molecular formula is C24H27N3O4. The number of hydrazone groups is 1. The Morgan fingerprint density at radius 1 is 1.13 bits per heavy atom. The average Bonchev–Trinajstić information content (AvgIpc) is 2.78. The van der Waals surface area contributed by atoms with Gasteiger partial charge in [-0.15, -0.1) is 0 Å². The van der Waals surface area contributed by atoms with Crippen molar-refractivity contribution in [3.05, 3.63) is 64.7 Å². The van der Waals surface area contributed by atoms with Crippen LogP contribution in [0.1, 0.15) is 39.9 Å². The summed E-state index contributed by atoms with van der Waals surface area (Å²) in [5, 5.41) is 18.4. The van der Waals surface area contributed by atoms with Crippen molar-refractivity contribution < 1.29 is 19.4 Å². The standard InChI is InChI=1S/C24H27N3O4/c28-23(29)14-18-1-4-20-15-21(6-5-19(20)13-18)24(30)26-22-7-2-17(3-8-22)16-25-27-9-11-31-12-10-27/h2-3,5-8,15-16,18H,1,4,9-14H2,(H,26,30)(H,28,29). The molecule has 1 amide bonds. The monoisotopic (exact) mass is 421 g/mol. The van der Waals surface area contributed by atoms with Gasteiger partial charge in [0.2, 0.25) is 0 Å². The summed E-state index contributed by atoms with van der Waals surface area (Å²) < 4.78 is 5.31. The summed E-state index contributed by atoms with van der Waals surface area (Å²) in [6, 6.07) is 13.3. The second kappa shape index (κ2) is 9.75. The number of carboxylic acids is 1. The van der Waals surface area contributed by atoms with Crippen LogP contribution in [-0.2, 0) is 22.4 Å². The summed E-state index contributed by atoms with van der Waals surface area (Å²) in [5.74, 6) is -0.719. The molecule has 1 atom stereocenters. The summed E-state index contributed by atoms with van der Waals surface area (Å²) in [5.41, 5.74) is 4.61. The minimum atomic E-state index is -0.747. The molecule has 1 heterocycles. The van der Waals surface area contributed by atoms with Crippen molar-refractivity contribution in [2.45, 2.75) is 25.7 Å². The van der Waals surface area contributed by atoms with Crippen molar-refractivity contribution in [3.63, 3.8) is 0 Å². The molecule has 2 N–H and O–H groups in total. The summed E-state index contributed by atoms with van der Waals surface area (Å²) in [6.07, 6.45) is 4.44. The lowest BCUT2D eigenvalue weighted by molar-refractivity contribution is -0.138. The van der Waals surface area contributed by atoms with Gasteiger partial charge in [0.05, 0.1) is 32.5 Å². The number of fused-ring (bicyclic) bond motifs is 1. The Hall–Kier alpha value is -3.19. The van der Waals surface area contributed by atoms with Crippen LogP contribution in [0.3, 0.4) is 0 Å². The first-order valence-corrected chi connectivity index (χ1v) is 10.7. The number of aryl methyl sites for hydroxylation is 1. The smallest absolute Gasteiger partial charge is 0.303 e. The zero-order chi connectivity index (χ0) is 21.6. The fourth-order valence-electron chi connectivity index (χ4n) is 4.07. The molecule has 2 aromatic carbocycles. The third-order valence-electron chi connectivity index (χ3n) is 5.79. The van der Waals surface area contributed by atoms with E-state index in [1.807, 2.05) is 53.7 Å². The van der Waals surface area contributed by atoms with Crippen molar-refractivity contribution in [2.75, 3.05) is 31.6 Å². The number of nitrogens with one attached hydrogen (secondary N) is 1. The van der Waals surface area contributed by atoms with Crippen molar-refractivity contribution in [2.24, 2.45) is 11.0 Å². The molecule has 31 heavy (non-hydrogen) atoms. The van der Waals surface area contributed by atoms with Crippen LogP contribution >= 0.6 is 0 Å². The Morgan fingerprint density at radius 3 is 2.65 bits per heavy atom. The van der Waals surface area contributed by atoms with Gasteiger partial charge in [-0.05, 0) is 66.1 Å². The van der Waals surface area contributed by atoms with E-state index in [9.17, 15) is 9.59 Å². The molecule has 2 aromatic rings. The molecule has 1 unspecified atom stereocenters. The number of carboxylic acid groups (broad SMARTS) is 1. The first-order chi connectivity index (χ1) is 15.1. The number of hydrogen-bond donors (Lipinski definition) is 2. The molecule has 162 valence electrons. The van der Waals surface area contributed by atoms with E-state index in [1.54, 1.807) is 0 Å². The van der Waals surface area contributed by atoms with Crippen LogP contribution in [0.15, 0.2) is 47.6 Å². The highest BCUT2D eigenvalue weighted by Crippen LogP contribution is 2.28. The maximum Gasteiger partial charge on any atom is 0.303 e. The van der Waals surface area contributed by atoms with E-state index in [4.69, 9.17) is 9.84 Å². The molecule has 0 spiro atoms. The van der Waals surface area contributed by atoms with Gasteiger partial charge in [0.25, 0.3) is 5.91 Å². The minimum absolute atomic E-state index is 0.148. The van der Waals surface area contributed by atoms with E-state index in [0.29, 0.717) is 18.8 Å². The van der Waals surface area contributed by atoms with Crippen LogP contribution < -0.4 is 5.32 Å². The predicted molar refractivity (Wildman–Crippen MR) is 119 cm³/mol. The molecule has 0 bridgehead atoms. The molecule has 2 aliphatic rings. The average molecular weight is 421 g/mol. The maximum atomic E-state index is 12.7. The van der Waals surface area contributed by atoms with Crippen LogP contribution in [-0.4, -0.2) is 54.5 Å². The Bertz CT molecular complexity index is 965. The fraction of sp³-hybridized carbons (Fsp3) is 0.375. The summed E-state index contributed by atoms with van der Waals surface area (Å²) in [6.45, 7) is 3.00. The molecule has 0 aromatic heterocycles. The number of ether oxygens (including phenoxy) is 1. The molecule has 1 aliphatic heterocycles. The molecule has 0 saturated carbocycles. The van der Waals surface area contributed by atoms with Crippen molar-refractivity contribution >= 4 is 23.8 Å². The number of carbonyl (C=O) groups excluding carboxylic acids is 1. The molecule has 7 nitrogen and oxygen atoms in total.